The fourth-order valence-corrected chi connectivity index (χ4v) is 1.62. The molecule has 0 atom stereocenters. The minimum absolute atomic E-state index is 0.0105. The molecular formula is C10H6F3NO2. The monoisotopic (exact) mass is 229 g/mol. The van der Waals surface area contributed by atoms with Gasteiger partial charge < -0.3 is 9.67 Å². The van der Waals surface area contributed by atoms with Crippen molar-refractivity contribution >= 4 is 16.9 Å². The smallest absolute Gasteiger partial charge is 0.352 e. The van der Waals surface area contributed by atoms with Gasteiger partial charge in [0, 0.05) is 12.4 Å². The van der Waals surface area contributed by atoms with Crippen molar-refractivity contribution in [2.45, 2.75) is 0 Å². The van der Waals surface area contributed by atoms with Crippen LogP contribution in [0.15, 0.2) is 12.1 Å². The van der Waals surface area contributed by atoms with E-state index in [0.29, 0.717) is 0 Å². The highest BCUT2D eigenvalue weighted by molar-refractivity contribution is 5.94. The summed E-state index contributed by atoms with van der Waals surface area (Å²) in [6, 6.07) is 1.85. The molecule has 2 aromatic rings. The summed E-state index contributed by atoms with van der Waals surface area (Å²) in [4.78, 5) is 10.7. The fraction of sp³-hybridized carbons (Fsp3) is 0.100. The molecule has 0 saturated carbocycles. The molecule has 0 aliphatic rings. The zero-order chi connectivity index (χ0) is 12.0. The van der Waals surface area contributed by atoms with E-state index in [1.165, 1.54) is 7.05 Å². The number of aromatic carboxylic acids is 1. The number of nitrogens with zero attached hydrogens (tertiary/aromatic N) is 1. The Morgan fingerprint density at radius 3 is 2.44 bits per heavy atom. The van der Waals surface area contributed by atoms with Crippen molar-refractivity contribution in [3.63, 3.8) is 0 Å². The normalized spacial score (nSPS) is 11.0. The third-order valence-electron chi connectivity index (χ3n) is 2.37. The Labute approximate surface area is 87.7 Å². The quantitative estimate of drug-likeness (QED) is 0.762. The van der Waals surface area contributed by atoms with Crippen molar-refractivity contribution in [1.82, 2.24) is 4.57 Å². The zero-order valence-electron chi connectivity index (χ0n) is 8.09. The van der Waals surface area contributed by atoms with Crippen LogP contribution in [-0.2, 0) is 7.05 Å². The highest BCUT2D eigenvalue weighted by Gasteiger charge is 2.20. The molecule has 0 aliphatic carbocycles. The summed E-state index contributed by atoms with van der Waals surface area (Å²) < 4.78 is 40.2. The van der Waals surface area contributed by atoms with E-state index in [9.17, 15) is 18.0 Å². The number of hydrogen-bond acceptors (Lipinski definition) is 1. The molecule has 3 nitrogen and oxygen atoms in total. The summed E-state index contributed by atoms with van der Waals surface area (Å²) in [5, 5.41) is 8.78. The van der Waals surface area contributed by atoms with Crippen molar-refractivity contribution in [2.24, 2.45) is 7.05 Å². The summed E-state index contributed by atoms with van der Waals surface area (Å²) in [7, 11) is 1.27. The maximum absolute atomic E-state index is 13.4. The molecule has 0 radical (unpaired) electrons. The molecule has 1 aromatic heterocycles. The topological polar surface area (TPSA) is 42.2 Å². The lowest BCUT2D eigenvalue weighted by Crippen LogP contribution is -2.05. The second-order valence-corrected chi connectivity index (χ2v) is 3.32. The first-order valence-corrected chi connectivity index (χ1v) is 4.29. The Hall–Kier alpha value is -1.98. The van der Waals surface area contributed by atoms with Crippen molar-refractivity contribution in [1.29, 1.82) is 0 Å². The van der Waals surface area contributed by atoms with Gasteiger partial charge in [-0.05, 0) is 12.1 Å². The van der Waals surface area contributed by atoms with Crippen molar-refractivity contribution in [3.8, 4) is 0 Å². The van der Waals surface area contributed by atoms with E-state index in [-0.39, 0.29) is 16.6 Å². The number of carboxylic acid groups (broad SMARTS) is 1. The van der Waals surface area contributed by atoms with Crippen LogP contribution in [0.25, 0.3) is 10.9 Å². The predicted molar refractivity (Wildman–Crippen MR) is 49.8 cm³/mol. The van der Waals surface area contributed by atoms with Gasteiger partial charge in [0.05, 0.1) is 5.52 Å². The van der Waals surface area contributed by atoms with E-state index in [2.05, 4.69) is 0 Å². The van der Waals surface area contributed by atoms with E-state index < -0.39 is 23.4 Å². The molecule has 0 unspecified atom stereocenters. The molecule has 0 bridgehead atoms. The standard InChI is InChI=1S/C10H6F3NO2/c1-14-6(10(15)16)3-4-2-5(11)7(12)8(13)9(4)14/h2-3H,1H3,(H,15,16). The van der Waals surface area contributed by atoms with E-state index in [0.717, 1.165) is 16.7 Å². The molecule has 0 saturated heterocycles. The molecule has 1 heterocycles. The molecule has 16 heavy (non-hydrogen) atoms. The summed E-state index contributed by atoms with van der Waals surface area (Å²) in [5.74, 6) is -5.62. The average Bonchev–Trinajstić information content (AvgIpc) is 2.52. The number of carbonyl (C=O) groups is 1. The highest BCUT2D eigenvalue weighted by Crippen LogP contribution is 2.25. The van der Waals surface area contributed by atoms with Gasteiger partial charge >= 0.3 is 5.97 Å². The maximum atomic E-state index is 13.4. The Bertz CT molecular complexity index is 604. The third-order valence-corrected chi connectivity index (χ3v) is 2.37. The van der Waals surface area contributed by atoms with E-state index in [4.69, 9.17) is 5.11 Å². The van der Waals surface area contributed by atoms with E-state index in [1.54, 1.807) is 0 Å². The molecule has 0 fully saturated rings. The van der Waals surface area contributed by atoms with Crippen LogP contribution in [0.5, 0.6) is 0 Å². The first kappa shape index (κ1) is 10.5. The van der Waals surface area contributed by atoms with Gasteiger partial charge in [-0.15, -0.1) is 0 Å². The third kappa shape index (κ3) is 1.26. The molecule has 6 heteroatoms. The zero-order valence-corrected chi connectivity index (χ0v) is 8.09. The van der Waals surface area contributed by atoms with Crippen LogP contribution in [0.4, 0.5) is 13.2 Å². The largest absolute Gasteiger partial charge is 0.477 e. The van der Waals surface area contributed by atoms with Crippen LogP contribution in [0.1, 0.15) is 10.5 Å². The number of benzene rings is 1. The number of fused-ring (bicyclic) bond motifs is 1. The molecule has 84 valence electrons. The lowest BCUT2D eigenvalue weighted by atomic mass is 10.2. The second kappa shape index (κ2) is 3.26. The molecule has 1 aromatic carbocycles. The lowest BCUT2D eigenvalue weighted by Gasteiger charge is -2.01. The molecule has 1 N–H and O–H groups in total. The molecular weight excluding hydrogens is 223 g/mol. The Balaban J connectivity index is 2.93. The number of halogens is 3. The van der Waals surface area contributed by atoms with Gasteiger partial charge in [-0.1, -0.05) is 0 Å². The molecule has 0 spiro atoms. The van der Waals surface area contributed by atoms with Crippen LogP contribution in [0, 0.1) is 17.5 Å². The van der Waals surface area contributed by atoms with Crippen LogP contribution in [-0.4, -0.2) is 15.6 Å². The van der Waals surface area contributed by atoms with Gasteiger partial charge in [-0.3, -0.25) is 0 Å². The second-order valence-electron chi connectivity index (χ2n) is 3.32. The lowest BCUT2D eigenvalue weighted by molar-refractivity contribution is 0.0687. The number of carboxylic acids is 1. The van der Waals surface area contributed by atoms with Crippen LogP contribution < -0.4 is 0 Å². The number of aryl methyl sites for hydroxylation is 1. The Morgan fingerprint density at radius 1 is 1.25 bits per heavy atom. The van der Waals surface area contributed by atoms with E-state index in [1.807, 2.05) is 0 Å². The van der Waals surface area contributed by atoms with Crippen molar-refractivity contribution in [3.05, 3.63) is 35.3 Å². The Kier molecular flexibility index (Phi) is 2.15. The number of aromatic nitrogens is 1. The van der Waals surface area contributed by atoms with Crippen LogP contribution in [0.3, 0.4) is 0 Å². The summed E-state index contributed by atoms with van der Waals surface area (Å²) in [5.41, 5.74) is -0.504. The highest BCUT2D eigenvalue weighted by atomic mass is 19.2. The summed E-state index contributed by atoms with van der Waals surface area (Å²) in [6.07, 6.45) is 0. The predicted octanol–water partition coefficient (Wildman–Crippen LogP) is 2.29. The Morgan fingerprint density at radius 2 is 1.88 bits per heavy atom. The van der Waals surface area contributed by atoms with Crippen LogP contribution >= 0.6 is 0 Å². The number of hydrogen-bond donors (Lipinski definition) is 1. The van der Waals surface area contributed by atoms with Gasteiger partial charge in [-0.2, -0.15) is 0 Å². The molecule has 0 amide bonds. The van der Waals surface area contributed by atoms with Gasteiger partial charge in [0.2, 0.25) is 0 Å². The first-order chi connectivity index (χ1) is 7.43. The van der Waals surface area contributed by atoms with Gasteiger partial charge in [0.15, 0.2) is 17.5 Å². The SMILES string of the molecule is Cn1c(C(=O)O)cc2cc(F)c(F)c(F)c21. The first-order valence-electron chi connectivity index (χ1n) is 4.29. The minimum Gasteiger partial charge on any atom is -0.477 e. The fourth-order valence-electron chi connectivity index (χ4n) is 1.62. The maximum Gasteiger partial charge on any atom is 0.352 e. The van der Waals surface area contributed by atoms with Gasteiger partial charge in [-0.25, -0.2) is 18.0 Å². The van der Waals surface area contributed by atoms with Crippen molar-refractivity contribution < 1.29 is 23.1 Å². The van der Waals surface area contributed by atoms with E-state index >= 15 is 0 Å². The molecule has 2 rings (SSSR count). The average molecular weight is 229 g/mol. The summed E-state index contributed by atoms with van der Waals surface area (Å²) >= 11 is 0. The van der Waals surface area contributed by atoms with Gasteiger partial charge in [0.1, 0.15) is 5.69 Å². The molecule has 0 aliphatic heterocycles. The number of rotatable bonds is 1. The summed E-state index contributed by atoms with van der Waals surface area (Å²) in [6.45, 7) is 0. The minimum atomic E-state index is -1.61. The van der Waals surface area contributed by atoms with Crippen molar-refractivity contribution in [2.75, 3.05) is 0 Å². The van der Waals surface area contributed by atoms with Crippen LogP contribution in [0.2, 0.25) is 0 Å². The van der Waals surface area contributed by atoms with Gasteiger partial charge in [0.25, 0.3) is 0 Å².